The molecule has 2 N–H and O–H groups in total. The lowest BCUT2D eigenvalue weighted by atomic mass is 10.3. The highest BCUT2D eigenvalue weighted by Gasteiger charge is 2.04. The lowest BCUT2D eigenvalue weighted by Crippen LogP contribution is -2.29. The molecule has 1 heterocycles. The third-order valence-electron chi connectivity index (χ3n) is 3.03. The summed E-state index contributed by atoms with van der Waals surface area (Å²) >= 11 is 5.15. The molecule has 0 fully saturated rings. The molecule has 0 aliphatic rings. The van der Waals surface area contributed by atoms with Gasteiger partial charge in [-0.3, -0.25) is 0 Å². The molecule has 100 valence electrons. The van der Waals surface area contributed by atoms with Crippen molar-refractivity contribution in [3.63, 3.8) is 0 Å². The number of nitrogens with one attached hydrogen (secondary N) is 2. The first-order chi connectivity index (χ1) is 9.08. The van der Waals surface area contributed by atoms with Gasteiger partial charge < -0.3 is 15.2 Å². The second-order valence-corrected chi connectivity index (χ2v) is 4.72. The number of anilines is 1. The average Bonchev–Trinajstić information content (AvgIpc) is 2.70. The van der Waals surface area contributed by atoms with Crippen molar-refractivity contribution in [2.75, 3.05) is 5.32 Å². The van der Waals surface area contributed by atoms with E-state index in [1.165, 1.54) is 11.8 Å². The van der Waals surface area contributed by atoms with Crippen molar-refractivity contribution in [3.05, 3.63) is 53.6 Å². The molecule has 0 atom stereocenters. The van der Waals surface area contributed by atoms with Gasteiger partial charge in [0, 0.05) is 18.4 Å². The topological polar surface area (TPSA) is 29.0 Å². The molecule has 19 heavy (non-hydrogen) atoms. The Balaban J connectivity index is 1.92. The van der Waals surface area contributed by atoms with Crippen LogP contribution in [0.3, 0.4) is 0 Å². The number of halogens is 1. The van der Waals surface area contributed by atoms with Crippen molar-refractivity contribution in [1.29, 1.82) is 0 Å². The number of aromatic nitrogens is 1. The van der Waals surface area contributed by atoms with Crippen LogP contribution in [0.2, 0.25) is 0 Å². The zero-order chi connectivity index (χ0) is 13.8. The minimum Gasteiger partial charge on any atom is -0.357 e. The van der Waals surface area contributed by atoms with E-state index in [1.807, 2.05) is 26.1 Å². The normalized spacial score (nSPS) is 10.3. The van der Waals surface area contributed by atoms with E-state index in [9.17, 15) is 4.39 Å². The third-order valence-corrected chi connectivity index (χ3v) is 3.28. The summed E-state index contributed by atoms with van der Waals surface area (Å²) < 4.78 is 15.5. The zero-order valence-electron chi connectivity index (χ0n) is 10.9. The van der Waals surface area contributed by atoms with E-state index in [-0.39, 0.29) is 5.82 Å². The summed E-state index contributed by atoms with van der Waals surface area (Å²) in [6.45, 7) is 2.64. The van der Waals surface area contributed by atoms with Gasteiger partial charge in [0.05, 0.1) is 12.2 Å². The molecular formula is C14H16FN3S. The zero-order valence-corrected chi connectivity index (χ0v) is 11.7. The van der Waals surface area contributed by atoms with Crippen LogP contribution in [0.25, 0.3) is 0 Å². The molecule has 0 aliphatic carbocycles. The molecule has 0 spiro atoms. The number of hydrogen-bond acceptors (Lipinski definition) is 1. The molecule has 0 bridgehead atoms. The number of benzene rings is 1. The second-order valence-electron chi connectivity index (χ2n) is 4.31. The van der Waals surface area contributed by atoms with Crippen LogP contribution in [0.15, 0.2) is 36.4 Å². The minimum absolute atomic E-state index is 0.318. The van der Waals surface area contributed by atoms with Crippen LogP contribution in [-0.2, 0) is 13.6 Å². The fraction of sp³-hybridized carbons (Fsp3) is 0.214. The van der Waals surface area contributed by atoms with Gasteiger partial charge in [0.15, 0.2) is 5.11 Å². The second kappa shape index (κ2) is 5.84. The maximum Gasteiger partial charge on any atom is 0.171 e. The molecule has 0 aliphatic heterocycles. The van der Waals surface area contributed by atoms with Crippen molar-refractivity contribution in [1.82, 2.24) is 9.88 Å². The van der Waals surface area contributed by atoms with Gasteiger partial charge >= 0.3 is 0 Å². The standard InChI is InChI=1S/C14H16FN3S/c1-10-7-8-11(18(10)2)9-16-14(19)17-13-6-4-3-5-12(13)15/h3-8H,9H2,1-2H3,(H2,16,17,19). The van der Waals surface area contributed by atoms with Crippen molar-refractivity contribution in [2.45, 2.75) is 13.5 Å². The van der Waals surface area contributed by atoms with Crippen LogP contribution < -0.4 is 10.6 Å². The first kappa shape index (κ1) is 13.5. The van der Waals surface area contributed by atoms with E-state index in [1.54, 1.807) is 18.2 Å². The fourth-order valence-corrected chi connectivity index (χ4v) is 1.93. The van der Waals surface area contributed by atoms with Gasteiger partial charge in [-0.2, -0.15) is 0 Å². The highest BCUT2D eigenvalue weighted by Crippen LogP contribution is 2.12. The van der Waals surface area contributed by atoms with E-state index in [2.05, 4.69) is 15.2 Å². The SMILES string of the molecule is Cc1ccc(CNC(=S)Nc2ccccc2F)n1C. The summed E-state index contributed by atoms with van der Waals surface area (Å²) in [5, 5.41) is 6.31. The number of thiocarbonyl (C=S) groups is 1. The first-order valence-electron chi connectivity index (χ1n) is 5.98. The predicted molar refractivity (Wildman–Crippen MR) is 79.6 cm³/mol. The molecule has 1 aromatic heterocycles. The van der Waals surface area contributed by atoms with Crippen LogP contribution in [0.4, 0.5) is 10.1 Å². The molecule has 0 radical (unpaired) electrons. The predicted octanol–water partition coefficient (Wildman–Crippen LogP) is 2.96. The van der Waals surface area contributed by atoms with Crippen LogP contribution in [0.1, 0.15) is 11.4 Å². The molecule has 0 saturated carbocycles. The van der Waals surface area contributed by atoms with Crippen LogP contribution >= 0.6 is 12.2 Å². The van der Waals surface area contributed by atoms with Crippen molar-refractivity contribution >= 4 is 23.0 Å². The largest absolute Gasteiger partial charge is 0.357 e. The van der Waals surface area contributed by atoms with Crippen molar-refractivity contribution in [2.24, 2.45) is 7.05 Å². The Morgan fingerprint density at radius 3 is 2.63 bits per heavy atom. The van der Waals surface area contributed by atoms with E-state index in [0.29, 0.717) is 17.3 Å². The van der Waals surface area contributed by atoms with Gasteiger partial charge in [-0.05, 0) is 43.4 Å². The molecule has 0 amide bonds. The Morgan fingerprint density at radius 1 is 1.26 bits per heavy atom. The van der Waals surface area contributed by atoms with Gasteiger partial charge in [-0.1, -0.05) is 12.1 Å². The van der Waals surface area contributed by atoms with E-state index in [0.717, 1.165) is 5.69 Å². The highest BCUT2D eigenvalue weighted by atomic mass is 32.1. The Hall–Kier alpha value is -1.88. The van der Waals surface area contributed by atoms with E-state index < -0.39 is 0 Å². The Kier molecular flexibility index (Phi) is 4.16. The van der Waals surface area contributed by atoms with Crippen LogP contribution in [-0.4, -0.2) is 9.68 Å². The Bertz CT molecular complexity index is 592. The van der Waals surface area contributed by atoms with Gasteiger partial charge in [-0.15, -0.1) is 0 Å². The summed E-state index contributed by atoms with van der Waals surface area (Å²) in [4.78, 5) is 0. The van der Waals surface area contributed by atoms with Crippen molar-refractivity contribution < 1.29 is 4.39 Å². The lowest BCUT2D eigenvalue weighted by Gasteiger charge is -2.12. The average molecular weight is 277 g/mol. The molecule has 5 heteroatoms. The molecule has 3 nitrogen and oxygen atoms in total. The van der Waals surface area contributed by atoms with Gasteiger partial charge in [0.25, 0.3) is 0 Å². The highest BCUT2D eigenvalue weighted by molar-refractivity contribution is 7.80. The molecule has 0 saturated heterocycles. The maximum absolute atomic E-state index is 13.4. The summed E-state index contributed by atoms with van der Waals surface area (Å²) in [5.74, 6) is -0.318. The van der Waals surface area contributed by atoms with Gasteiger partial charge in [0.1, 0.15) is 5.82 Å². The molecule has 2 aromatic rings. The maximum atomic E-state index is 13.4. The summed E-state index contributed by atoms with van der Waals surface area (Å²) in [6, 6.07) is 10.5. The number of hydrogen-bond donors (Lipinski definition) is 2. The molecule has 2 rings (SSSR count). The van der Waals surface area contributed by atoms with E-state index in [4.69, 9.17) is 12.2 Å². The first-order valence-corrected chi connectivity index (χ1v) is 6.39. The van der Waals surface area contributed by atoms with Gasteiger partial charge in [0.2, 0.25) is 0 Å². The number of para-hydroxylation sites is 1. The minimum atomic E-state index is -0.318. The van der Waals surface area contributed by atoms with Gasteiger partial charge in [-0.25, -0.2) is 4.39 Å². The summed E-state index contributed by atoms with van der Waals surface area (Å²) in [7, 11) is 2.00. The molecule has 0 unspecified atom stereocenters. The molecule has 1 aromatic carbocycles. The summed E-state index contributed by atoms with van der Waals surface area (Å²) in [6.07, 6.45) is 0. The lowest BCUT2D eigenvalue weighted by molar-refractivity contribution is 0.632. The molecular weight excluding hydrogens is 261 g/mol. The van der Waals surface area contributed by atoms with Crippen molar-refractivity contribution in [3.8, 4) is 0 Å². The van der Waals surface area contributed by atoms with E-state index >= 15 is 0 Å². The Labute approximate surface area is 117 Å². The third kappa shape index (κ3) is 3.32. The number of aryl methyl sites for hydroxylation is 1. The summed E-state index contributed by atoms with van der Waals surface area (Å²) in [5.41, 5.74) is 2.68. The number of rotatable bonds is 3. The number of nitrogens with zero attached hydrogens (tertiary/aromatic N) is 1. The monoisotopic (exact) mass is 277 g/mol. The smallest absolute Gasteiger partial charge is 0.171 e. The Morgan fingerprint density at radius 2 is 2.00 bits per heavy atom. The van der Waals surface area contributed by atoms with Crippen LogP contribution in [0.5, 0.6) is 0 Å². The van der Waals surface area contributed by atoms with Crippen LogP contribution in [0, 0.1) is 12.7 Å². The fourth-order valence-electron chi connectivity index (χ4n) is 1.74. The quantitative estimate of drug-likeness (QED) is 0.845.